The molecule has 0 saturated carbocycles. The maximum absolute atomic E-state index is 6.07. The summed E-state index contributed by atoms with van der Waals surface area (Å²) in [6.07, 6.45) is 0.791. The van der Waals surface area contributed by atoms with Crippen LogP contribution < -0.4 is 14.8 Å². The minimum absolute atomic E-state index is 0.255. The summed E-state index contributed by atoms with van der Waals surface area (Å²) in [5.74, 6) is 2.46. The highest BCUT2D eigenvalue weighted by Gasteiger charge is 2.17. The minimum atomic E-state index is 0.255. The molecule has 0 aliphatic carbocycles. The van der Waals surface area contributed by atoms with Crippen LogP contribution in [0.1, 0.15) is 11.4 Å². The van der Waals surface area contributed by atoms with Crippen molar-refractivity contribution in [2.24, 2.45) is 0 Å². The van der Waals surface area contributed by atoms with Crippen LogP contribution in [-0.2, 0) is 13.0 Å². The van der Waals surface area contributed by atoms with Crippen LogP contribution in [0.5, 0.6) is 11.5 Å². The first-order valence-corrected chi connectivity index (χ1v) is 11.7. The van der Waals surface area contributed by atoms with Crippen LogP contribution in [0, 0.1) is 0 Å². The Morgan fingerprint density at radius 3 is 2.81 bits per heavy atom. The molecule has 6 rings (SSSR count). The highest BCUT2D eigenvalue weighted by Crippen LogP contribution is 2.37. The summed E-state index contributed by atoms with van der Waals surface area (Å²) in [5, 5.41) is 9.50. The predicted octanol–water partition coefficient (Wildman–Crippen LogP) is 5.55. The molecule has 0 radical (unpaired) electrons. The van der Waals surface area contributed by atoms with E-state index in [0.717, 1.165) is 69.0 Å². The van der Waals surface area contributed by atoms with Crippen molar-refractivity contribution in [3.63, 3.8) is 0 Å². The fraction of sp³-hybridized carbons (Fsp3) is 0.167. The number of benzene rings is 2. The maximum atomic E-state index is 6.07. The van der Waals surface area contributed by atoms with Gasteiger partial charge in [0.05, 0.1) is 22.2 Å². The van der Waals surface area contributed by atoms with Crippen LogP contribution in [0.15, 0.2) is 53.2 Å². The summed E-state index contributed by atoms with van der Waals surface area (Å²) >= 11 is 7.74. The molecule has 0 fully saturated rings. The smallest absolute Gasteiger partial charge is 0.231 e. The van der Waals surface area contributed by atoms with Gasteiger partial charge in [-0.2, -0.15) is 11.3 Å². The monoisotopic (exact) mass is 462 g/mol. The summed E-state index contributed by atoms with van der Waals surface area (Å²) in [7, 11) is 0. The van der Waals surface area contributed by atoms with Gasteiger partial charge in [0, 0.05) is 46.9 Å². The Hall–Kier alpha value is -3.13. The van der Waals surface area contributed by atoms with Crippen molar-refractivity contribution in [3.8, 4) is 22.8 Å². The molecule has 32 heavy (non-hydrogen) atoms. The molecule has 0 bridgehead atoms. The normalized spacial score (nSPS) is 12.8. The van der Waals surface area contributed by atoms with E-state index in [1.165, 1.54) is 0 Å². The van der Waals surface area contributed by atoms with Gasteiger partial charge in [-0.1, -0.05) is 11.6 Å². The second-order valence-corrected chi connectivity index (χ2v) is 8.89. The van der Waals surface area contributed by atoms with Gasteiger partial charge in [0.15, 0.2) is 11.5 Å². The minimum Gasteiger partial charge on any atom is -0.454 e. The number of pyridine rings is 1. The lowest BCUT2D eigenvalue weighted by molar-refractivity contribution is 0.174. The van der Waals surface area contributed by atoms with E-state index in [1.807, 2.05) is 30.3 Å². The number of halogens is 1. The molecule has 8 heteroatoms. The van der Waals surface area contributed by atoms with Crippen molar-refractivity contribution in [3.05, 3.63) is 69.6 Å². The summed E-state index contributed by atoms with van der Waals surface area (Å²) in [6.45, 7) is 1.75. The molecule has 4 heterocycles. The quantitative estimate of drug-likeness (QED) is 0.323. The first kappa shape index (κ1) is 19.5. The van der Waals surface area contributed by atoms with Crippen molar-refractivity contribution >= 4 is 44.9 Å². The molecule has 0 amide bonds. The number of nitrogens with one attached hydrogen (secondary N) is 2. The lowest BCUT2D eigenvalue weighted by Crippen LogP contribution is -2.18. The Morgan fingerprint density at radius 1 is 1.03 bits per heavy atom. The van der Waals surface area contributed by atoms with Gasteiger partial charge < -0.3 is 19.8 Å². The zero-order valence-electron chi connectivity index (χ0n) is 17.0. The van der Waals surface area contributed by atoms with Crippen LogP contribution in [0.4, 0.5) is 0 Å². The van der Waals surface area contributed by atoms with Gasteiger partial charge in [0.25, 0.3) is 0 Å². The van der Waals surface area contributed by atoms with Crippen molar-refractivity contribution in [2.45, 2.75) is 13.0 Å². The van der Waals surface area contributed by atoms with E-state index in [2.05, 4.69) is 38.2 Å². The highest BCUT2D eigenvalue weighted by molar-refractivity contribution is 7.08. The molecule has 1 aliphatic heterocycles. The van der Waals surface area contributed by atoms with Gasteiger partial charge >= 0.3 is 0 Å². The van der Waals surface area contributed by atoms with Crippen molar-refractivity contribution < 1.29 is 9.47 Å². The number of aromatic amines is 1. The summed E-state index contributed by atoms with van der Waals surface area (Å²) in [5.41, 5.74) is 6.06. The van der Waals surface area contributed by atoms with Crippen LogP contribution in [0.25, 0.3) is 33.2 Å². The molecule has 3 aromatic heterocycles. The number of aromatic nitrogens is 3. The molecular formula is C24H19ClN4O2S. The molecule has 2 N–H and O–H groups in total. The lowest BCUT2D eigenvalue weighted by atomic mass is 10.0. The van der Waals surface area contributed by atoms with E-state index in [-0.39, 0.29) is 6.79 Å². The van der Waals surface area contributed by atoms with Crippen LogP contribution in [0.3, 0.4) is 0 Å². The number of rotatable bonds is 6. The lowest BCUT2D eigenvalue weighted by Gasteiger charge is -2.11. The van der Waals surface area contributed by atoms with E-state index < -0.39 is 0 Å². The number of imidazole rings is 1. The first-order chi connectivity index (χ1) is 15.7. The maximum Gasteiger partial charge on any atom is 0.231 e. The molecule has 160 valence electrons. The predicted molar refractivity (Wildman–Crippen MR) is 128 cm³/mol. The second kappa shape index (κ2) is 8.09. The fourth-order valence-electron chi connectivity index (χ4n) is 3.97. The van der Waals surface area contributed by atoms with Gasteiger partial charge in [-0.25, -0.2) is 9.97 Å². The number of thiophene rings is 1. The topological polar surface area (TPSA) is 72.1 Å². The fourth-order valence-corrected chi connectivity index (χ4v) is 4.79. The van der Waals surface area contributed by atoms with E-state index >= 15 is 0 Å². The zero-order valence-corrected chi connectivity index (χ0v) is 18.6. The standard InChI is InChI=1S/C24H19ClN4O2S/c25-17-1-2-18-20(9-17)28-23(27-18)3-5-26-11-16-7-15-8-21-22(31-13-30-21)10-19(15)29-24(16)14-4-6-32-12-14/h1-2,4,6-10,12,26H,3,5,11,13H2,(H,27,28). The van der Waals surface area contributed by atoms with Crippen LogP contribution in [-0.4, -0.2) is 28.3 Å². The molecule has 5 aromatic rings. The largest absolute Gasteiger partial charge is 0.454 e. The molecule has 1 aliphatic rings. The van der Waals surface area contributed by atoms with Crippen LogP contribution in [0.2, 0.25) is 5.02 Å². The Bertz CT molecular complexity index is 1430. The average molecular weight is 463 g/mol. The zero-order chi connectivity index (χ0) is 21.5. The third kappa shape index (κ3) is 3.68. The van der Waals surface area contributed by atoms with E-state index in [4.69, 9.17) is 26.1 Å². The Balaban J connectivity index is 1.23. The molecule has 0 spiro atoms. The van der Waals surface area contributed by atoms with Gasteiger partial charge in [0.1, 0.15) is 5.82 Å². The number of ether oxygens (including phenoxy) is 2. The molecule has 0 atom stereocenters. The van der Waals surface area contributed by atoms with E-state index in [9.17, 15) is 0 Å². The second-order valence-electron chi connectivity index (χ2n) is 7.68. The SMILES string of the molecule is Clc1ccc2nc(CCNCc3cc4cc5c(cc4nc3-c3ccsc3)OCO5)[nH]c2c1. The third-order valence-electron chi connectivity index (χ3n) is 5.53. The Morgan fingerprint density at radius 2 is 1.94 bits per heavy atom. The summed E-state index contributed by atoms with van der Waals surface area (Å²) < 4.78 is 11.1. The number of H-pyrrole nitrogens is 1. The average Bonchev–Trinajstić information content (AvgIpc) is 3.54. The van der Waals surface area contributed by atoms with E-state index in [0.29, 0.717) is 11.6 Å². The molecule has 0 unspecified atom stereocenters. The number of nitrogens with zero attached hydrogens (tertiary/aromatic N) is 2. The summed E-state index contributed by atoms with van der Waals surface area (Å²) in [6, 6.07) is 14.0. The van der Waals surface area contributed by atoms with Crippen molar-refractivity contribution in [1.82, 2.24) is 20.3 Å². The van der Waals surface area contributed by atoms with Gasteiger partial charge in [-0.15, -0.1) is 0 Å². The van der Waals surface area contributed by atoms with Gasteiger partial charge in [-0.05, 0) is 47.3 Å². The number of hydrogen-bond acceptors (Lipinski definition) is 6. The molecule has 0 saturated heterocycles. The third-order valence-corrected chi connectivity index (χ3v) is 6.45. The first-order valence-electron chi connectivity index (χ1n) is 10.3. The molecular weight excluding hydrogens is 444 g/mol. The highest BCUT2D eigenvalue weighted by atomic mass is 35.5. The van der Waals surface area contributed by atoms with Crippen LogP contribution >= 0.6 is 22.9 Å². The van der Waals surface area contributed by atoms with Gasteiger partial charge in [0.2, 0.25) is 6.79 Å². The van der Waals surface area contributed by atoms with Crippen molar-refractivity contribution in [1.29, 1.82) is 0 Å². The van der Waals surface area contributed by atoms with Crippen molar-refractivity contribution in [2.75, 3.05) is 13.3 Å². The number of fused-ring (bicyclic) bond motifs is 3. The summed E-state index contributed by atoms with van der Waals surface area (Å²) in [4.78, 5) is 13.0. The Kier molecular flexibility index (Phi) is 4.94. The van der Waals surface area contributed by atoms with E-state index in [1.54, 1.807) is 11.3 Å². The number of hydrogen-bond donors (Lipinski definition) is 2. The Labute approximate surface area is 193 Å². The molecule has 2 aromatic carbocycles. The van der Waals surface area contributed by atoms with Gasteiger partial charge in [-0.3, -0.25) is 0 Å². The molecule has 6 nitrogen and oxygen atoms in total.